The van der Waals surface area contributed by atoms with Gasteiger partial charge in [0.2, 0.25) is 0 Å². The molecule has 2 atom stereocenters. The Labute approximate surface area is 219 Å². The van der Waals surface area contributed by atoms with E-state index in [0.29, 0.717) is 11.1 Å². The van der Waals surface area contributed by atoms with Crippen LogP contribution in [-0.4, -0.2) is 42.8 Å². The van der Waals surface area contributed by atoms with E-state index in [1.165, 1.54) is 17.7 Å². The number of aryl methyl sites for hydroxylation is 3. The van der Waals surface area contributed by atoms with Crippen molar-refractivity contribution in [2.45, 2.75) is 77.1 Å². The van der Waals surface area contributed by atoms with Crippen molar-refractivity contribution in [1.29, 1.82) is 0 Å². The zero-order valence-corrected chi connectivity index (χ0v) is 21.9. The Morgan fingerprint density at radius 2 is 1.87 bits per heavy atom. The number of benzene rings is 1. The fourth-order valence-electron chi connectivity index (χ4n) is 5.41. The molecule has 10 heteroatoms. The Morgan fingerprint density at radius 3 is 2.50 bits per heavy atom. The van der Waals surface area contributed by atoms with Crippen molar-refractivity contribution in [2.75, 3.05) is 18.0 Å². The summed E-state index contributed by atoms with van der Waals surface area (Å²) in [5, 5.41) is 2.58. The number of alkyl halides is 3. The van der Waals surface area contributed by atoms with Crippen LogP contribution in [0, 0.1) is 5.92 Å². The Balaban J connectivity index is 1.67. The summed E-state index contributed by atoms with van der Waals surface area (Å²) in [6.07, 6.45) is 0.240. The highest BCUT2D eigenvalue weighted by molar-refractivity contribution is 5.91. The molecule has 1 aromatic heterocycles. The molecule has 1 amide bonds. The number of hydrogen-bond donors (Lipinski definition) is 1. The summed E-state index contributed by atoms with van der Waals surface area (Å²) in [7, 11) is 0. The van der Waals surface area contributed by atoms with Crippen LogP contribution in [0.1, 0.15) is 56.7 Å². The fourth-order valence-corrected chi connectivity index (χ4v) is 5.41. The molecule has 7 nitrogen and oxygen atoms in total. The quantitative estimate of drug-likeness (QED) is 0.317. The van der Waals surface area contributed by atoms with Crippen LogP contribution >= 0.6 is 0 Å². The first-order valence-electron chi connectivity index (χ1n) is 12.9. The highest BCUT2D eigenvalue weighted by Gasteiger charge is 2.43. The van der Waals surface area contributed by atoms with Crippen molar-refractivity contribution in [1.82, 2.24) is 5.32 Å². The highest BCUT2D eigenvalue weighted by atomic mass is 19.4. The molecule has 1 N–H and O–H groups in total. The number of anilines is 1. The molecule has 3 heterocycles. The number of carbonyl (C=O) groups excluding carboxylic acids is 2. The molecule has 0 fully saturated rings. The van der Waals surface area contributed by atoms with Gasteiger partial charge in [0.15, 0.2) is 0 Å². The molecule has 0 saturated carbocycles. The number of nitrogens with zero attached hydrogens (tertiary/aromatic N) is 1. The maximum atomic E-state index is 13.1. The van der Waals surface area contributed by atoms with Crippen LogP contribution in [0.4, 0.5) is 18.9 Å². The van der Waals surface area contributed by atoms with E-state index in [4.69, 9.17) is 9.15 Å². The van der Waals surface area contributed by atoms with Crippen LogP contribution in [0.3, 0.4) is 0 Å². The van der Waals surface area contributed by atoms with E-state index in [-0.39, 0.29) is 12.8 Å². The van der Waals surface area contributed by atoms with Gasteiger partial charge in [-0.25, -0.2) is 9.59 Å². The first-order chi connectivity index (χ1) is 17.8. The number of rotatable bonds is 7. The SMILES string of the molecule is C=CC(CCc1cc(=O)oc2c3c4c(cc12)CCCN4CCC3)C(NC(=O)C(F)(F)F)C(=O)OC(C)(C)C. The van der Waals surface area contributed by atoms with Gasteiger partial charge in [-0.2, -0.15) is 13.2 Å². The number of ether oxygens (including phenoxy) is 1. The van der Waals surface area contributed by atoms with Gasteiger partial charge in [0.25, 0.3) is 0 Å². The number of halogens is 3. The summed E-state index contributed by atoms with van der Waals surface area (Å²) in [4.78, 5) is 39.5. The van der Waals surface area contributed by atoms with Gasteiger partial charge >= 0.3 is 23.7 Å². The van der Waals surface area contributed by atoms with Gasteiger partial charge in [0.05, 0.1) is 0 Å². The van der Waals surface area contributed by atoms with Gasteiger partial charge < -0.3 is 19.4 Å². The highest BCUT2D eigenvalue weighted by Crippen LogP contribution is 2.40. The van der Waals surface area contributed by atoms with Gasteiger partial charge in [-0.05, 0) is 76.5 Å². The van der Waals surface area contributed by atoms with E-state index in [1.807, 2.05) is 6.07 Å². The van der Waals surface area contributed by atoms with E-state index in [1.54, 1.807) is 26.1 Å². The fraction of sp³-hybridized carbons (Fsp3) is 0.536. The monoisotopic (exact) mass is 534 g/mol. The van der Waals surface area contributed by atoms with Crippen LogP contribution in [0.2, 0.25) is 0 Å². The van der Waals surface area contributed by atoms with Crippen LogP contribution in [0.25, 0.3) is 11.0 Å². The maximum absolute atomic E-state index is 13.1. The van der Waals surface area contributed by atoms with Gasteiger partial charge in [-0.1, -0.05) is 6.08 Å². The lowest BCUT2D eigenvalue weighted by molar-refractivity contribution is -0.177. The average molecular weight is 535 g/mol. The first-order valence-corrected chi connectivity index (χ1v) is 12.9. The molecular formula is C28H33F3N2O5. The molecule has 0 radical (unpaired) electrons. The van der Waals surface area contributed by atoms with Crippen molar-refractivity contribution < 1.29 is 31.9 Å². The number of esters is 1. The minimum atomic E-state index is -5.17. The Hall–Kier alpha value is -3.30. The summed E-state index contributed by atoms with van der Waals surface area (Å²) < 4.78 is 50.1. The molecule has 1 aromatic carbocycles. The predicted molar refractivity (Wildman–Crippen MR) is 137 cm³/mol. The second-order valence-corrected chi connectivity index (χ2v) is 10.9. The third kappa shape index (κ3) is 5.89. The topological polar surface area (TPSA) is 88.9 Å². The van der Waals surface area contributed by atoms with Crippen molar-refractivity contribution in [3.8, 4) is 0 Å². The molecule has 0 spiro atoms. The lowest BCUT2D eigenvalue weighted by Gasteiger charge is -2.37. The number of hydrogen-bond acceptors (Lipinski definition) is 6. The smallest absolute Gasteiger partial charge is 0.458 e. The lowest BCUT2D eigenvalue weighted by atomic mass is 9.87. The van der Waals surface area contributed by atoms with Gasteiger partial charge in [-0.15, -0.1) is 6.58 Å². The van der Waals surface area contributed by atoms with E-state index >= 15 is 0 Å². The number of amides is 1. The van der Waals surface area contributed by atoms with Crippen molar-refractivity contribution in [3.63, 3.8) is 0 Å². The van der Waals surface area contributed by atoms with E-state index in [9.17, 15) is 27.6 Å². The van der Waals surface area contributed by atoms with Crippen LogP contribution in [-0.2, 0) is 33.6 Å². The molecule has 206 valence electrons. The largest absolute Gasteiger partial charge is 0.471 e. The molecule has 4 rings (SSSR count). The standard InChI is InChI=1S/C28H33F3N2O5/c1-5-16(22(25(35)38-27(2,3)4)32-26(36)28(29,30)31)10-11-17-15-21(34)37-24-19-9-7-13-33-12-6-8-18(23(19)33)14-20(17)24/h5,14-16,22H,1,6-13H2,2-4H3,(H,32,36). The van der Waals surface area contributed by atoms with Crippen LogP contribution in [0.15, 0.2) is 34.0 Å². The van der Waals surface area contributed by atoms with Crippen LogP contribution in [0.5, 0.6) is 0 Å². The van der Waals surface area contributed by atoms with Crippen LogP contribution < -0.4 is 15.8 Å². The Morgan fingerprint density at radius 1 is 1.18 bits per heavy atom. The third-order valence-corrected chi connectivity index (χ3v) is 7.00. The van der Waals surface area contributed by atoms with E-state index in [2.05, 4.69) is 11.5 Å². The number of carbonyl (C=O) groups is 2. The lowest BCUT2D eigenvalue weighted by Crippen LogP contribution is -2.52. The maximum Gasteiger partial charge on any atom is 0.471 e. The minimum absolute atomic E-state index is 0.142. The normalized spacial score (nSPS) is 16.9. The molecule has 2 aliphatic heterocycles. The van der Waals surface area contributed by atoms with Gasteiger partial charge in [0.1, 0.15) is 17.2 Å². The van der Waals surface area contributed by atoms with Crippen molar-refractivity contribution in [3.05, 3.63) is 51.9 Å². The molecular weight excluding hydrogens is 501 g/mol. The summed E-state index contributed by atoms with van der Waals surface area (Å²) in [5.74, 6) is -4.11. The Kier molecular flexibility index (Phi) is 7.63. The zero-order valence-electron chi connectivity index (χ0n) is 21.9. The van der Waals surface area contributed by atoms with E-state index in [0.717, 1.165) is 55.4 Å². The van der Waals surface area contributed by atoms with Gasteiger partial charge in [0, 0.05) is 41.7 Å². The second kappa shape index (κ2) is 10.5. The first kappa shape index (κ1) is 27.7. The summed E-state index contributed by atoms with van der Waals surface area (Å²) in [5.41, 5.74) is 3.09. The average Bonchev–Trinajstić information content (AvgIpc) is 2.82. The predicted octanol–water partition coefficient (Wildman–Crippen LogP) is 4.62. The molecule has 2 aliphatic rings. The molecule has 0 saturated heterocycles. The molecule has 38 heavy (non-hydrogen) atoms. The minimum Gasteiger partial charge on any atom is -0.458 e. The summed E-state index contributed by atoms with van der Waals surface area (Å²) in [6, 6.07) is 1.83. The summed E-state index contributed by atoms with van der Waals surface area (Å²) in [6.45, 7) is 10.4. The molecule has 0 aliphatic carbocycles. The molecule has 2 aromatic rings. The molecule has 2 unspecified atom stereocenters. The third-order valence-electron chi connectivity index (χ3n) is 7.00. The number of fused-ring (bicyclic) bond motifs is 2. The van der Waals surface area contributed by atoms with Crippen molar-refractivity contribution >= 4 is 28.5 Å². The number of nitrogens with one attached hydrogen (secondary N) is 1. The summed E-state index contributed by atoms with van der Waals surface area (Å²) >= 11 is 0. The van der Waals surface area contributed by atoms with Gasteiger partial charge in [-0.3, -0.25) is 4.79 Å². The van der Waals surface area contributed by atoms with E-state index < -0.39 is 41.2 Å². The molecule has 0 bridgehead atoms. The zero-order chi connectivity index (χ0) is 27.8. The second-order valence-electron chi connectivity index (χ2n) is 10.9. The van der Waals surface area contributed by atoms with Crippen molar-refractivity contribution in [2.24, 2.45) is 5.92 Å². The Bertz CT molecular complexity index is 1310.